The summed E-state index contributed by atoms with van der Waals surface area (Å²) in [6.45, 7) is 3.03. The van der Waals surface area contributed by atoms with Gasteiger partial charge in [-0.2, -0.15) is 0 Å². The van der Waals surface area contributed by atoms with Gasteiger partial charge in [-0.25, -0.2) is 22.8 Å². The zero-order chi connectivity index (χ0) is 20.9. The molecule has 0 aliphatic carbocycles. The number of carbonyl (C=O) groups is 3. The first-order chi connectivity index (χ1) is 13.1. The van der Waals surface area contributed by atoms with Gasteiger partial charge < -0.3 is 20.1 Å². The number of rotatable bonds is 7. The molecule has 2 rings (SSSR count). The minimum atomic E-state index is -3.50. The number of carbonyl (C=O) groups excluding carboxylic acids is 3. The van der Waals surface area contributed by atoms with Gasteiger partial charge in [0.25, 0.3) is 0 Å². The lowest BCUT2D eigenvalue weighted by Gasteiger charge is -2.26. The van der Waals surface area contributed by atoms with Crippen LogP contribution >= 0.6 is 0 Å². The van der Waals surface area contributed by atoms with Gasteiger partial charge >= 0.3 is 18.0 Å². The normalized spacial score (nSPS) is 16.7. The minimum Gasteiger partial charge on any atom is -0.463 e. The maximum Gasteiger partial charge on any atom is 0.338 e. The van der Waals surface area contributed by atoms with Crippen molar-refractivity contribution >= 4 is 33.7 Å². The molecule has 3 N–H and O–H groups in total. The van der Waals surface area contributed by atoms with Crippen molar-refractivity contribution in [1.82, 2.24) is 10.6 Å². The number of amides is 2. The number of esters is 2. The van der Waals surface area contributed by atoms with E-state index in [0.717, 1.165) is 6.26 Å². The first-order valence-electron chi connectivity index (χ1n) is 8.33. The molecule has 0 saturated heterocycles. The quantitative estimate of drug-likeness (QED) is 0.562. The molecule has 11 heteroatoms. The number of anilines is 1. The molecule has 1 aromatic rings. The Morgan fingerprint density at radius 1 is 1.21 bits per heavy atom. The Morgan fingerprint density at radius 2 is 1.93 bits per heavy atom. The van der Waals surface area contributed by atoms with E-state index >= 15 is 0 Å². The lowest BCUT2D eigenvalue weighted by molar-refractivity contribution is -0.139. The number of ether oxygens (including phenoxy) is 2. The number of hydrogen-bond acceptors (Lipinski definition) is 7. The molecule has 0 radical (unpaired) electrons. The van der Waals surface area contributed by atoms with Gasteiger partial charge in [0.15, 0.2) is 0 Å². The molecule has 152 valence electrons. The van der Waals surface area contributed by atoms with E-state index in [2.05, 4.69) is 15.4 Å². The maximum atomic E-state index is 12.3. The van der Waals surface area contributed by atoms with Crippen LogP contribution in [-0.4, -0.2) is 51.9 Å². The second kappa shape index (κ2) is 8.74. The average molecular weight is 411 g/mol. The van der Waals surface area contributed by atoms with Crippen molar-refractivity contribution in [3.8, 4) is 0 Å². The molecule has 0 saturated carbocycles. The topological polar surface area (TPSA) is 140 Å². The van der Waals surface area contributed by atoms with E-state index in [1.54, 1.807) is 13.8 Å². The Balaban J connectivity index is 2.17. The SMILES string of the molecule is CCOC(=O)C1=C(COC(=O)c2cccc(NS(C)(=O)=O)c2)NC(=O)N[C@@H]1C. The van der Waals surface area contributed by atoms with E-state index in [1.807, 2.05) is 0 Å². The van der Waals surface area contributed by atoms with Crippen molar-refractivity contribution < 1.29 is 32.3 Å². The Morgan fingerprint density at radius 3 is 2.57 bits per heavy atom. The van der Waals surface area contributed by atoms with Crippen LogP contribution < -0.4 is 15.4 Å². The lowest BCUT2D eigenvalue weighted by atomic mass is 10.0. The highest BCUT2D eigenvalue weighted by Gasteiger charge is 2.30. The lowest BCUT2D eigenvalue weighted by Crippen LogP contribution is -2.50. The van der Waals surface area contributed by atoms with E-state index < -0.39 is 34.0 Å². The molecular weight excluding hydrogens is 390 g/mol. The van der Waals surface area contributed by atoms with Crippen LogP contribution in [0.15, 0.2) is 35.5 Å². The Hall–Kier alpha value is -3.08. The summed E-state index contributed by atoms with van der Waals surface area (Å²) in [5, 5.41) is 4.98. The van der Waals surface area contributed by atoms with Gasteiger partial charge in [-0.15, -0.1) is 0 Å². The summed E-state index contributed by atoms with van der Waals surface area (Å²) < 4.78 is 35.0. The molecule has 0 unspecified atom stereocenters. The van der Waals surface area contributed by atoms with Crippen LogP contribution in [-0.2, 0) is 24.3 Å². The molecule has 1 aliphatic rings. The number of sulfonamides is 1. The number of urea groups is 1. The minimum absolute atomic E-state index is 0.0974. The number of hydrogen-bond donors (Lipinski definition) is 3. The van der Waals surface area contributed by atoms with E-state index in [-0.39, 0.29) is 35.7 Å². The maximum absolute atomic E-state index is 12.3. The van der Waals surface area contributed by atoms with Crippen molar-refractivity contribution in [3.05, 3.63) is 41.1 Å². The standard InChI is InChI=1S/C17H21N3O7S/c1-4-26-16(22)14-10(2)18-17(23)19-13(14)9-27-15(21)11-6-5-7-12(8-11)20-28(3,24)25/h5-8,10,20H,4,9H2,1-3H3,(H2,18,19,23)/t10-/m1/s1. The van der Waals surface area contributed by atoms with E-state index in [4.69, 9.17) is 9.47 Å². The van der Waals surface area contributed by atoms with Gasteiger partial charge in [-0.3, -0.25) is 4.72 Å². The van der Waals surface area contributed by atoms with Gasteiger partial charge in [0.2, 0.25) is 10.0 Å². The Bertz CT molecular complexity index is 924. The molecule has 2 amide bonds. The van der Waals surface area contributed by atoms with E-state index in [1.165, 1.54) is 24.3 Å². The van der Waals surface area contributed by atoms with Crippen LogP contribution in [0.4, 0.5) is 10.5 Å². The highest BCUT2D eigenvalue weighted by Crippen LogP contribution is 2.17. The van der Waals surface area contributed by atoms with Crippen molar-refractivity contribution in [2.75, 3.05) is 24.2 Å². The molecule has 1 atom stereocenters. The van der Waals surface area contributed by atoms with E-state index in [9.17, 15) is 22.8 Å². The van der Waals surface area contributed by atoms with Crippen LogP contribution in [0.25, 0.3) is 0 Å². The summed E-state index contributed by atoms with van der Waals surface area (Å²) in [6, 6.07) is 4.57. The molecule has 1 heterocycles. The summed E-state index contributed by atoms with van der Waals surface area (Å²) >= 11 is 0. The van der Waals surface area contributed by atoms with Crippen LogP contribution in [0, 0.1) is 0 Å². The predicted octanol–water partition coefficient (Wildman–Crippen LogP) is 0.733. The third-order valence-corrected chi connectivity index (χ3v) is 4.22. The van der Waals surface area contributed by atoms with Gasteiger partial charge in [0.05, 0.1) is 35.7 Å². The monoisotopic (exact) mass is 411 g/mol. The molecule has 28 heavy (non-hydrogen) atoms. The smallest absolute Gasteiger partial charge is 0.338 e. The second-order valence-corrected chi connectivity index (χ2v) is 7.71. The Kier molecular flexibility index (Phi) is 6.62. The summed E-state index contributed by atoms with van der Waals surface area (Å²) in [7, 11) is -3.50. The predicted molar refractivity (Wildman–Crippen MR) is 100.0 cm³/mol. The fourth-order valence-corrected chi connectivity index (χ4v) is 3.09. The van der Waals surface area contributed by atoms with Crippen molar-refractivity contribution in [2.45, 2.75) is 19.9 Å². The average Bonchev–Trinajstić information content (AvgIpc) is 2.58. The van der Waals surface area contributed by atoms with Crippen molar-refractivity contribution in [1.29, 1.82) is 0 Å². The summed E-state index contributed by atoms with van der Waals surface area (Å²) in [4.78, 5) is 36.1. The van der Waals surface area contributed by atoms with Crippen LogP contribution in [0.5, 0.6) is 0 Å². The summed E-state index contributed by atoms with van der Waals surface area (Å²) in [5.74, 6) is -1.39. The fourth-order valence-electron chi connectivity index (χ4n) is 2.54. The van der Waals surface area contributed by atoms with Gasteiger partial charge in [-0.1, -0.05) is 6.07 Å². The summed E-state index contributed by atoms with van der Waals surface area (Å²) in [6.07, 6.45) is 0.988. The Labute approximate surface area is 162 Å². The zero-order valence-corrected chi connectivity index (χ0v) is 16.4. The molecule has 0 aromatic heterocycles. The molecule has 0 spiro atoms. The molecule has 0 bridgehead atoms. The van der Waals surface area contributed by atoms with Crippen LogP contribution in [0.2, 0.25) is 0 Å². The van der Waals surface area contributed by atoms with Gasteiger partial charge in [-0.05, 0) is 32.0 Å². The van der Waals surface area contributed by atoms with Gasteiger partial charge in [0, 0.05) is 5.69 Å². The molecule has 10 nitrogen and oxygen atoms in total. The zero-order valence-electron chi connectivity index (χ0n) is 15.6. The fraction of sp³-hybridized carbons (Fsp3) is 0.353. The van der Waals surface area contributed by atoms with Gasteiger partial charge in [0.1, 0.15) is 6.61 Å². The number of benzene rings is 1. The van der Waals surface area contributed by atoms with Crippen LogP contribution in [0.3, 0.4) is 0 Å². The van der Waals surface area contributed by atoms with E-state index in [0.29, 0.717) is 0 Å². The third-order valence-electron chi connectivity index (χ3n) is 3.61. The number of nitrogens with one attached hydrogen (secondary N) is 3. The van der Waals surface area contributed by atoms with Crippen LogP contribution in [0.1, 0.15) is 24.2 Å². The first-order valence-corrected chi connectivity index (χ1v) is 10.2. The third kappa shape index (κ3) is 5.71. The van der Waals surface area contributed by atoms with Crippen molar-refractivity contribution in [2.24, 2.45) is 0 Å². The highest BCUT2D eigenvalue weighted by atomic mass is 32.2. The molecule has 0 fully saturated rings. The summed E-state index contributed by atoms with van der Waals surface area (Å²) in [5.41, 5.74) is 0.572. The molecule has 1 aromatic carbocycles. The first kappa shape index (κ1) is 21.2. The molecule has 1 aliphatic heterocycles. The second-order valence-electron chi connectivity index (χ2n) is 5.96. The largest absolute Gasteiger partial charge is 0.463 e. The highest BCUT2D eigenvalue weighted by molar-refractivity contribution is 7.92. The molecular formula is C17H21N3O7S. The van der Waals surface area contributed by atoms with Crippen molar-refractivity contribution in [3.63, 3.8) is 0 Å².